The average molecular weight is 294 g/mol. The van der Waals surface area contributed by atoms with E-state index in [1.807, 2.05) is 13.8 Å². The Balaban J connectivity index is 2.06. The monoisotopic (exact) mass is 294 g/mol. The van der Waals surface area contributed by atoms with Gasteiger partial charge in [-0.1, -0.05) is 26.1 Å². The number of rotatable bonds is 5. The van der Waals surface area contributed by atoms with E-state index in [0.29, 0.717) is 18.0 Å². The SMILES string of the molecule is CC(C)(CCn1ncc(N2CCCC2)cc1=O)C(N)=S. The summed E-state index contributed by atoms with van der Waals surface area (Å²) in [4.78, 5) is 14.8. The molecule has 1 fully saturated rings. The number of aryl methyl sites for hydroxylation is 1. The van der Waals surface area contributed by atoms with Gasteiger partial charge in [-0.15, -0.1) is 0 Å². The van der Waals surface area contributed by atoms with Gasteiger partial charge < -0.3 is 10.6 Å². The standard InChI is InChI=1S/C14H22N4OS/c1-14(2,13(15)20)5-8-18-12(19)9-11(10-16-18)17-6-3-4-7-17/h9-10H,3-8H2,1-2H3,(H2,15,20). The minimum atomic E-state index is -0.260. The van der Waals surface area contributed by atoms with Gasteiger partial charge in [-0.25, -0.2) is 4.68 Å². The first-order valence-electron chi connectivity index (χ1n) is 7.02. The number of thiocarbonyl (C=S) groups is 1. The van der Waals surface area contributed by atoms with Crippen LogP contribution < -0.4 is 16.2 Å². The normalized spacial score (nSPS) is 15.6. The Kier molecular flexibility index (Phi) is 4.42. The van der Waals surface area contributed by atoms with Crippen molar-refractivity contribution in [3.05, 3.63) is 22.6 Å². The van der Waals surface area contributed by atoms with Crippen LogP contribution in [0.15, 0.2) is 17.1 Å². The molecule has 1 aliphatic heterocycles. The van der Waals surface area contributed by atoms with Gasteiger partial charge in [-0.3, -0.25) is 4.79 Å². The van der Waals surface area contributed by atoms with Crippen LogP contribution in [0.2, 0.25) is 0 Å². The van der Waals surface area contributed by atoms with E-state index in [4.69, 9.17) is 18.0 Å². The molecule has 0 aliphatic carbocycles. The van der Waals surface area contributed by atoms with Crippen molar-refractivity contribution >= 4 is 22.9 Å². The Morgan fingerprint density at radius 3 is 2.65 bits per heavy atom. The molecule has 1 aromatic rings. The van der Waals surface area contributed by atoms with Gasteiger partial charge in [0.05, 0.1) is 16.9 Å². The molecule has 5 nitrogen and oxygen atoms in total. The number of nitrogens with two attached hydrogens (primary N) is 1. The zero-order valence-electron chi connectivity index (χ0n) is 12.1. The van der Waals surface area contributed by atoms with Crippen LogP contribution in [0.5, 0.6) is 0 Å². The number of hydrogen-bond donors (Lipinski definition) is 1. The lowest BCUT2D eigenvalue weighted by Gasteiger charge is -2.23. The Bertz CT molecular complexity index is 546. The van der Waals surface area contributed by atoms with E-state index in [9.17, 15) is 4.79 Å². The third-order valence-electron chi connectivity index (χ3n) is 3.94. The summed E-state index contributed by atoms with van der Waals surface area (Å²) in [7, 11) is 0. The predicted octanol–water partition coefficient (Wildman–Crippen LogP) is 1.55. The van der Waals surface area contributed by atoms with Gasteiger partial charge >= 0.3 is 0 Å². The van der Waals surface area contributed by atoms with Crippen molar-refractivity contribution in [3.63, 3.8) is 0 Å². The molecule has 2 rings (SSSR count). The van der Waals surface area contributed by atoms with Gasteiger partial charge in [0.25, 0.3) is 5.56 Å². The van der Waals surface area contributed by atoms with Crippen molar-refractivity contribution in [1.29, 1.82) is 0 Å². The van der Waals surface area contributed by atoms with E-state index >= 15 is 0 Å². The topological polar surface area (TPSA) is 64.2 Å². The Morgan fingerprint density at radius 2 is 2.10 bits per heavy atom. The Labute approximate surface area is 124 Å². The van der Waals surface area contributed by atoms with Crippen molar-refractivity contribution < 1.29 is 0 Å². The predicted molar refractivity (Wildman–Crippen MR) is 85.1 cm³/mol. The van der Waals surface area contributed by atoms with Crippen LogP contribution in [0.1, 0.15) is 33.1 Å². The minimum absolute atomic E-state index is 0.0619. The van der Waals surface area contributed by atoms with E-state index in [1.165, 1.54) is 17.5 Å². The summed E-state index contributed by atoms with van der Waals surface area (Å²) >= 11 is 5.04. The molecule has 1 saturated heterocycles. The van der Waals surface area contributed by atoms with Crippen LogP contribution in [0.4, 0.5) is 5.69 Å². The third-order valence-corrected chi connectivity index (χ3v) is 4.49. The van der Waals surface area contributed by atoms with Gasteiger partial charge in [0.1, 0.15) is 0 Å². The summed E-state index contributed by atoms with van der Waals surface area (Å²) in [6.07, 6.45) is 4.86. The molecule has 0 amide bonds. The van der Waals surface area contributed by atoms with E-state index in [0.717, 1.165) is 18.8 Å². The quantitative estimate of drug-likeness (QED) is 0.835. The highest BCUT2D eigenvalue weighted by Gasteiger charge is 2.21. The van der Waals surface area contributed by atoms with Crippen LogP contribution in [0.25, 0.3) is 0 Å². The first-order valence-corrected chi connectivity index (χ1v) is 7.43. The van der Waals surface area contributed by atoms with Gasteiger partial charge in [-0.05, 0) is 19.3 Å². The van der Waals surface area contributed by atoms with Crippen molar-refractivity contribution in [3.8, 4) is 0 Å². The number of aromatic nitrogens is 2. The molecular formula is C14H22N4OS. The molecule has 0 saturated carbocycles. The second-order valence-electron chi connectivity index (χ2n) is 5.97. The maximum absolute atomic E-state index is 12.1. The molecule has 0 aromatic carbocycles. The highest BCUT2D eigenvalue weighted by atomic mass is 32.1. The van der Waals surface area contributed by atoms with E-state index in [-0.39, 0.29) is 11.0 Å². The molecule has 1 aromatic heterocycles. The number of nitrogens with zero attached hydrogens (tertiary/aromatic N) is 3. The molecule has 2 N–H and O–H groups in total. The fraction of sp³-hybridized carbons (Fsp3) is 0.643. The maximum atomic E-state index is 12.1. The summed E-state index contributed by atoms with van der Waals surface area (Å²) < 4.78 is 1.49. The highest BCUT2D eigenvalue weighted by molar-refractivity contribution is 7.80. The minimum Gasteiger partial charge on any atom is -0.393 e. The van der Waals surface area contributed by atoms with Crippen molar-refractivity contribution in [2.75, 3.05) is 18.0 Å². The van der Waals surface area contributed by atoms with Crippen LogP contribution in [-0.2, 0) is 6.54 Å². The smallest absolute Gasteiger partial charge is 0.268 e. The highest BCUT2D eigenvalue weighted by Crippen LogP contribution is 2.21. The van der Waals surface area contributed by atoms with E-state index in [1.54, 1.807) is 12.3 Å². The fourth-order valence-corrected chi connectivity index (χ4v) is 2.35. The van der Waals surface area contributed by atoms with Crippen LogP contribution in [0.3, 0.4) is 0 Å². The summed E-state index contributed by atoms with van der Waals surface area (Å²) in [6, 6.07) is 1.67. The molecule has 1 aliphatic rings. The molecule has 20 heavy (non-hydrogen) atoms. The summed E-state index contributed by atoms with van der Waals surface area (Å²) in [6.45, 7) is 6.53. The van der Waals surface area contributed by atoms with Gasteiger partial charge in [0.2, 0.25) is 0 Å². The lowest BCUT2D eigenvalue weighted by atomic mass is 9.89. The van der Waals surface area contributed by atoms with Crippen LogP contribution >= 0.6 is 12.2 Å². The molecular weight excluding hydrogens is 272 g/mol. The Morgan fingerprint density at radius 1 is 1.45 bits per heavy atom. The van der Waals surface area contributed by atoms with Gasteiger partial charge in [0, 0.05) is 31.1 Å². The molecule has 2 heterocycles. The molecule has 110 valence electrons. The van der Waals surface area contributed by atoms with Gasteiger partial charge in [-0.2, -0.15) is 5.10 Å². The lowest BCUT2D eigenvalue weighted by Crippen LogP contribution is -2.33. The van der Waals surface area contributed by atoms with E-state index in [2.05, 4.69) is 10.00 Å². The molecule has 0 unspecified atom stereocenters. The van der Waals surface area contributed by atoms with Crippen molar-refractivity contribution in [1.82, 2.24) is 9.78 Å². The van der Waals surface area contributed by atoms with Crippen LogP contribution in [-0.4, -0.2) is 27.9 Å². The summed E-state index contributed by atoms with van der Waals surface area (Å²) in [5.41, 5.74) is 6.30. The number of hydrogen-bond acceptors (Lipinski definition) is 4. The largest absolute Gasteiger partial charge is 0.393 e. The second kappa shape index (κ2) is 5.91. The zero-order chi connectivity index (χ0) is 14.8. The number of anilines is 1. The van der Waals surface area contributed by atoms with Crippen molar-refractivity contribution in [2.24, 2.45) is 11.1 Å². The van der Waals surface area contributed by atoms with Gasteiger partial charge in [0.15, 0.2) is 0 Å². The maximum Gasteiger partial charge on any atom is 0.268 e. The van der Waals surface area contributed by atoms with Crippen molar-refractivity contribution in [2.45, 2.75) is 39.7 Å². The molecule has 6 heteroatoms. The zero-order valence-corrected chi connectivity index (χ0v) is 12.9. The Hall–Kier alpha value is -1.43. The average Bonchev–Trinajstić information content (AvgIpc) is 2.91. The second-order valence-corrected chi connectivity index (χ2v) is 6.41. The third kappa shape index (κ3) is 3.36. The summed E-state index contributed by atoms with van der Waals surface area (Å²) in [5, 5.41) is 4.26. The molecule has 0 spiro atoms. The fourth-order valence-electron chi connectivity index (χ4n) is 2.25. The first kappa shape index (κ1) is 15.0. The first-order chi connectivity index (χ1) is 9.40. The van der Waals surface area contributed by atoms with E-state index < -0.39 is 0 Å². The summed E-state index contributed by atoms with van der Waals surface area (Å²) in [5.74, 6) is 0. The lowest BCUT2D eigenvalue weighted by molar-refractivity contribution is 0.409. The molecule has 0 bridgehead atoms. The molecule has 0 atom stereocenters. The molecule has 0 radical (unpaired) electrons. The van der Waals surface area contributed by atoms with Crippen LogP contribution in [0, 0.1) is 5.41 Å².